The van der Waals surface area contributed by atoms with Crippen molar-refractivity contribution in [1.29, 1.82) is 0 Å². The zero-order chi connectivity index (χ0) is 19.7. The minimum absolute atomic E-state index is 0.00848. The Morgan fingerprint density at radius 2 is 1.89 bits per heavy atom. The van der Waals surface area contributed by atoms with Gasteiger partial charge in [-0.15, -0.1) is 11.8 Å². The molecule has 0 saturated heterocycles. The second-order valence-corrected chi connectivity index (χ2v) is 8.95. The molecule has 4 nitrogen and oxygen atoms in total. The molecule has 28 heavy (non-hydrogen) atoms. The maximum Gasteiger partial charge on any atom is 0.261 e. The van der Waals surface area contributed by atoms with Gasteiger partial charge in [0.2, 0.25) is 0 Å². The van der Waals surface area contributed by atoms with Gasteiger partial charge in [-0.25, -0.2) is 9.97 Å². The molecule has 3 aromatic rings. The smallest absolute Gasteiger partial charge is 0.261 e. The molecule has 0 fully saturated rings. The minimum Gasteiger partial charge on any atom is -0.276 e. The van der Waals surface area contributed by atoms with Crippen molar-refractivity contribution in [3.05, 3.63) is 64.8 Å². The van der Waals surface area contributed by atoms with Crippen molar-refractivity contribution in [1.82, 2.24) is 9.97 Å². The number of carbonyl (C=O) groups is 1. The summed E-state index contributed by atoms with van der Waals surface area (Å²) in [6, 6.07) is 15.3. The highest BCUT2D eigenvalue weighted by Gasteiger charge is 2.38. The summed E-state index contributed by atoms with van der Waals surface area (Å²) >= 11 is 7.84. The quantitative estimate of drug-likeness (QED) is 0.362. The predicted molar refractivity (Wildman–Crippen MR) is 117 cm³/mol. The first kappa shape index (κ1) is 19.2. The Morgan fingerprint density at radius 3 is 2.71 bits per heavy atom. The van der Waals surface area contributed by atoms with E-state index < -0.39 is 0 Å². The fourth-order valence-electron chi connectivity index (χ4n) is 3.46. The fraction of sp³-hybridized carbons (Fsp3) is 0.318. The third kappa shape index (κ3) is 3.74. The first-order chi connectivity index (χ1) is 13.5. The van der Waals surface area contributed by atoms with Crippen molar-refractivity contribution < 1.29 is 4.79 Å². The van der Waals surface area contributed by atoms with Crippen molar-refractivity contribution in [3.63, 3.8) is 0 Å². The van der Waals surface area contributed by atoms with Gasteiger partial charge in [0.25, 0.3) is 5.91 Å². The van der Waals surface area contributed by atoms with Crippen molar-refractivity contribution in [2.45, 2.75) is 32.1 Å². The molecule has 0 aliphatic carbocycles. The number of nitrogens with zero attached hydrogens (tertiary/aromatic N) is 3. The van der Waals surface area contributed by atoms with E-state index in [9.17, 15) is 4.79 Å². The van der Waals surface area contributed by atoms with Gasteiger partial charge in [0.15, 0.2) is 5.65 Å². The number of rotatable bonds is 6. The molecule has 0 radical (unpaired) electrons. The Balaban J connectivity index is 1.68. The van der Waals surface area contributed by atoms with E-state index >= 15 is 0 Å². The highest BCUT2D eigenvalue weighted by Crippen LogP contribution is 2.44. The number of carbonyl (C=O) groups excluding carboxylic acids is 1. The molecule has 6 heteroatoms. The zero-order valence-corrected chi connectivity index (χ0v) is 17.5. The monoisotopic (exact) mass is 411 g/mol. The molecule has 1 atom stereocenters. The van der Waals surface area contributed by atoms with E-state index in [1.54, 1.807) is 22.7 Å². The van der Waals surface area contributed by atoms with Crippen molar-refractivity contribution >= 4 is 46.1 Å². The summed E-state index contributed by atoms with van der Waals surface area (Å²) in [6.07, 6.45) is 2.32. The SMILES string of the molecule is CC(C)CCCSC1c2ccccc2C(=O)N1c1ccc2ccc(Cl)nc2n1. The Morgan fingerprint density at radius 1 is 1.11 bits per heavy atom. The van der Waals surface area contributed by atoms with Crippen LogP contribution in [0.5, 0.6) is 0 Å². The van der Waals surface area contributed by atoms with Gasteiger partial charge >= 0.3 is 0 Å². The largest absolute Gasteiger partial charge is 0.276 e. The van der Waals surface area contributed by atoms with Gasteiger partial charge in [0, 0.05) is 10.9 Å². The van der Waals surface area contributed by atoms with Gasteiger partial charge in [-0.3, -0.25) is 9.69 Å². The van der Waals surface area contributed by atoms with E-state index in [1.807, 2.05) is 42.5 Å². The third-order valence-corrected chi connectivity index (χ3v) is 6.38. The number of amides is 1. The van der Waals surface area contributed by atoms with E-state index in [0.717, 1.165) is 28.7 Å². The number of hydrogen-bond donors (Lipinski definition) is 0. The van der Waals surface area contributed by atoms with E-state index in [4.69, 9.17) is 11.6 Å². The van der Waals surface area contributed by atoms with Gasteiger partial charge < -0.3 is 0 Å². The minimum atomic E-state index is -0.0694. The van der Waals surface area contributed by atoms with E-state index in [2.05, 4.69) is 23.8 Å². The van der Waals surface area contributed by atoms with Crippen molar-refractivity contribution in [2.75, 3.05) is 10.7 Å². The molecule has 4 rings (SSSR count). The van der Waals surface area contributed by atoms with Crippen LogP contribution in [-0.2, 0) is 0 Å². The second-order valence-electron chi connectivity index (χ2n) is 7.37. The number of aromatic nitrogens is 2. The van der Waals surface area contributed by atoms with Gasteiger partial charge in [-0.05, 0) is 54.0 Å². The lowest BCUT2D eigenvalue weighted by atomic mass is 10.1. The van der Waals surface area contributed by atoms with Crippen LogP contribution in [0.2, 0.25) is 5.15 Å². The van der Waals surface area contributed by atoms with Crippen LogP contribution in [0.4, 0.5) is 5.82 Å². The summed E-state index contributed by atoms with van der Waals surface area (Å²) in [6.45, 7) is 4.48. The number of hydrogen-bond acceptors (Lipinski definition) is 4. The normalized spacial score (nSPS) is 16.2. The number of thioether (sulfide) groups is 1. The highest BCUT2D eigenvalue weighted by molar-refractivity contribution is 7.99. The topological polar surface area (TPSA) is 46.1 Å². The first-order valence-corrected chi connectivity index (χ1v) is 10.9. The molecular formula is C22H22ClN3OS. The lowest BCUT2D eigenvalue weighted by Gasteiger charge is -2.24. The van der Waals surface area contributed by atoms with Crippen LogP contribution in [0.3, 0.4) is 0 Å². The molecule has 1 aliphatic rings. The van der Waals surface area contributed by atoms with Crippen molar-refractivity contribution in [3.8, 4) is 0 Å². The zero-order valence-electron chi connectivity index (χ0n) is 15.9. The molecule has 1 aliphatic heterocycles. The average molecular weight is 412 g/mol. The van der Waals surface area contributed by atoms with Crippen LogP contribution in [0.25, 0.3) is 11.0 Å². The van der Waals surface area contributed by atoms with E-state index in [1.165, 1.54) is 6.42 Å². The summed E-state index contributed by atoms with van der Waals surface area (Å²) in [5.74, 6) is 2.29. The second kappa shape index (κ2) is 8.10. The standard InChI is InChI=1S/C22H22ClN3OS/c1-14(2)6-5-13-28-22-17-8-4-3-7-16(17)21(27)26(22)19-12-10-15-9-11-18(23)24-20(15)25-19/h3-4,7-12,14,22H,5-6,13H2,1-2H3. The Kier molecular flexibility index (Phi) is 5.56. The van der Waals surface area contributed by atoms with Gasteiger partial charge in [0.1, 0.15) is 16.3 Å². The van der Waals surface area contributed by atoms with Crippen LogP contribution >= 0.6 is 23.4 Å². The molecule has 0 spiro atoms. The fourth-order valence-corrected chi connectivity index (χ4v) is 4.90. The molecule has 0 saturated carbocycles. The molecule has 144 valence electrons. The van der Waals surface area contributed by atoms with Gasteiger partial charge in [-0.2, -0.15) is 0 Å². The summed E-state index contributed by atoms with van der Waals surface area (Å²) in [7, 11) is 0. The summed E-state index contributed by atoms with van der Waals surface area (Å²) in [5, 5.41) is 1.23. The molecule has 1 aromatic carbocycles. The van der Waals surface area contributed by atoms with Crippen molar-refractivity contribution in [2.24, 2.45) is 5.92 Å². The summed E-state index contributed by atoms with van der Waals surface area (Å²) in [4.78, 5) is 23.9. The summed E-state index contributed by atoms with van der Waals surface area (Å²) in [5.41, 5.74) is 2.37. The number of halogens is 1. The maximum atomic E-state index is 13.2. The molecule has 3 heterocycles. The van der Waals surface area contributed by atoms with Crippen LogP contribution in [0, 0.1) is 5.92 Å². The Hall–Kier alpha value is -2.11. The lowest BCUT2D eigenvalue weighted by Crippen LogP contribution is -2.27. The van der Waals surface area contributed by atoms with Crippen LogP contribution in [-0.4, -0.2) is 21.6 Å². The Labute approximate surface area is 174 Å². The number of fused-ring (bicyclic) bond motifs is 2. The van der Waals surface area contributed by atoms with Gasteiger partial charge in [0.05, 0.1) is 0 Å². The molecular weight excluding hydrogens is 390 g/mol. The average Bonchev–Trinajstić information content (AvgIpc) is 2.97. The molecule has 0 N–H and O–H groups in total. The lowest BCUT2D eigenvalue weighted by molar-refractivity contribution is 0.0995. The predicted octanol–water partition coefficient (Wildman–Crippen LogP) is 6.11. The molecule has 0 bridgehead atoms. The highest BCUT2D eigenvalue weighted by atomic mass is 35.5. The van der Waals surface area contributed by atoms with Crippen LogP contribution in [0.1, 0.15) is 48.0 Å². The van der Waals surface area contributed by atoms with Crippen LogP contribution < -0.4 is 4.90 Å². The molecule has 1 unspecified atom stereocenters. The van der Waals surface area contributed by atoms with E-state index in [0.29, 0.717) is 22.5 Å². The maximum absolute atomic E-state index is 13.2. The number of anilines is 1. The summed E-state index contributed by atoms with van der Waals surface area (Å²) < 4.78 is 0. The van der Waals surface area contributed by atoms with Gasteiger partial charge in [-0.1, -0.05) is 50.1 Å². The Bertz CT molecular complexity index is 1020. The molecule has 1 amide bonds. The number of benzene rings is 1. The number of pyridine rings is 2. The van der Waals surface area contributed by atoms with E-state index in [-0.39, 0.29) is 11.3 Å². The molecule has 2 aromatic heterocycles. The third-order valence-electron chi connectivity index (χ3n) is 4.86. The van der Waals surface area contributed by atoms with Crippen LogP contribution in [0.15, 0.2) is 48.5 Å². The first-order valence-electron chi connectivity index (χ1n) is 9.52.